The van der Waals surface area contributed by atoms with Crippen LogP contribution >= 0.6 is 0 Å². The van der Waals surface area contributed by atoms with Crippen LogP contribution in [0.1, 0.15) is 32.6 Å². The van der Waals surface area contributed by atoms with Gasteiger partial charge in [-0.15, -0.1) is 0 Å². The maximum Gasteiger partial charge on any atom is 0.0871 e. The van der Waals surface area contributed by atoms with Gasteiger partial charge in [-0.05, 0) is 31.7 Å². The van der Waals surface area contributed by atoms with Crippen molar-refractivity contribution in [3.8, 4) is 0 Å². The van der Waals surface area contributed by atoms with Gasteiger partial charge >= 0.3 is 0 Å². The van der Waals surface area contributed by atoms with Crippen LogP contribution in [0, 0.1) is 11.8 Å². The van der Waals surface area contributed by atoms with Crippen molar-refractivity contribution < 1.29 is 4.74 Å². The van der Waals surface area contributed by atoms with Crippen molar-refractivity contribution in [2.75, 3.05) is 26.7 Å². The van der Waals surface area contributed by atoms with E-state index in [9.17, 15) is 0 Å². The molecule has 1 aliphatic heterocycles. The fourth-order valence-electron chi connectivity index (χ4n) is 3.38. The molecule has 0 aromatic heterocycles. The van der Waals surface area contributed by atoms with Gasteiger partial charge in [0.1, 0.15) is 0 Å². The summed E-state index contributed by atoms with van der Waals surface area (Å²) in [7, 11) is 2.16. The van der Waals surface area contributed by atoms with Crippen molar-refractivity contribution in [3.63, 3.8) is 0 Å². The van der Waals surface area contributed by atoms with Gasteiger partial charge in [-0.1, -0.05) is 19.8 Å². The Kier molecular flexibility index (Phi) is 4.79. The second-order valence-electron chi connectivity index (χ2n) is 5.90. The molecule has 4 atom stereocenters. The van der Waals surface area contributed by atoms with Crippen LogP contribution in [0.4, 0.5) is 0 Å². The van der Waals surface area contributed by atoms with Gasteiger partial charge in [-0.3, -0.25) is 11.3 Å². The number of hydrazine groups is 1. The fraction of sp³-hybridized carbons (Fsp3) is 1.00. The predicted molar refractivity (Wildman–Crippen MR) is 69.5 cm³/mol. The summed E-state index contributed by atoms with van der Waals surface area (Å²) in [5.74, 6) is 7.30. The number of rotatable bonds is 3. The zero-order chi connectivity index (χ0) is 12.3. The Hall–Kier alpha value is -0.160. The Morgan fingerprint density at radius 3 is 2.88 bits per heavy atom. The lowest BCUT2D eigenvalue weighted by Crippen LogP contribution is -2.56. The highest BCUT2D eigenvalue weighted by molar-refractivity contribution is 4.88. The zero-order valence-corrected chi connectivity index (χ0v) is 11.2. The van der Waals surface area contributed by atoms with Gasteiger partial charge in [0, 0.05) is 13.1 Å². The Labute approximate surface area is 105 Å². The Bertz CT molecular complexity index is 215. The number of nitrogens with one attached hydrogen (secondary N) is 1. The highest BCUT2D eigenvalue weighted by Crippen LogP contribution is 2.32. The van der Waals surface area contributed by atoms with Crippen molar-refractivity contribution in [3.05, 3.63) is 0 Å². The third kappa shape index (κ3) is 3.41. The summed E-state index contributed by atoms with van der Waals surface area (Å²) in [6.45, 7) is 5.23. The summed E-state index contributed by atoms with van der Waals surface area (Å²) in [5.41, 5.74) is 3.03. The number of ether oxygens (including phenoxy) is 1. The summed E-state index contributed by atoms with van der Waals surface area (Å²) >= 11 is 0. The number of morpholine rings is 1. The van der Waals surface area contributed by atoms with Crippen LogP contribution in [-0.4, -0.2) is 43.8 Å². The normalized spacial score (nSPS) is 37.9. The predicted octanol–water partition coefficient (Wildman–Crippen LogP) is 0.975. The quantitative estimate of drug-likeness (QED) is 0.571. The van der Waals surface area contributed by atoms with Crippen LogP contribution < -0.4 is 11.3 Å². The molecule has 2 aliphatic rings. The van der Waals surface area contributed by atoms with Gasteiger partial charge < -0.3 is 9.64 Å². The average Bonchev–Trinajstić information content (AvgIpc) is 2.30. The first-order chi connectivity index (χ1) is 8.20. The van der Waals surface area contributed by atoms with Crippen LogP contribution in [0.15, 0.2) is 0 Å². The molecule has 2 rings (SSSR count). The number of hydrogen-bond donors (Lipinski definition) is 2. The van der Waals surface area contributed by atoms with E-state index < -0.39 is 0 Å². The van der Waals surface area contributed by atoms with Crippen LogP contribution in [-0.2, 0) is 4.74 Å². The third-order valence-corrected chi connectivity index (χ3v) is 4.37. The summed E-state index contributed by atoms with van der Waals surface area (Å²) < 4.78 is 5.91. The molecule has 0 amide bonds. The number of likely N-dealkylation sites (N-methyl/N-ethyl adjacent to an activating group) is 1. The molecule has 0 spiro atoms. The minimum absolute atomic E-state index is 0.258. The van der Waals surface area contributed by atoms with E-state index in [0.717, 1.165) is 25.6 Å². The summed E-state index contributed by atoms with van der Waals surface area (Å²) in [6.07, 6.45) is 5.56. The second-order valence-corrected chi connectivity index (χ2v) is 5.90. The first-order valence-corrected chi connectivity index (χ1v) is 6.97. The lowest BCUT2D eigenvalue weighted by molar-refractivity contribution is -0.0540. The van der Waals surface area contributed by atoms with Gasteiger partial charge in [-0.25, -0.2) is 0 Å². The molecule has 0 radical (unpaired) electrons. The molecular formula is C13H27N3O. The third-order valence-electron chi connectivity index (χ3n) is 4.37. The van der Waals surface area contributed by atoms with Crippen molar-refractivity contribution >= 4 is 0 Å². The molecule has 2 fully saturated rings. The van der Waals surface area contributed by atoms with Crippen LogP contribution in [0.25, 0.3) is 0 Å². The van der Waals surface area contributed by atoms with Crippen molar-refractivity contribution in [2.24, 2.45) is 17.7 Å². The average molecular weight is 241 g/mol. The van der Waals surface area contributed by atoms with Crippen molar-refractivity contribution in [2.45, 2.75) is 44.8 Å². The molecule has 3 N–H and O–H groups in total. The standard InChI is InChI=1S/C13H27N3O/c1-10-4-3-5-11(8-10)13(15-14)12-9-16(2)6-7-17-12/h10-13,15H,3-9,14H2,1-2H3. The van der Waals surface area contributed by atoms with E-state index in [4.69, 9.17) is 10.6 Å². The largest absolute Gasteiger partial charge is 0.374 e. The van der Waals surface area contributed by atoms with Crippen LogP contribution in [0.5, 0.6) is 0 Å². The van der Waals surface area contributed by atoms with E-state index in [1.165, 1.54) is 25.7 Å². The van der Waals surface area contributed by atoms with Crippen LogP contribution in [0.2, 0.25) is 0 Å². The molecule has 4 unspecified atom stereocenters. The molecule has 0 bridgehead atoms. The first-order valence-electron chi connectivity index (χ1n) is 6.97. The monoisotopic (exact) mass is 241 g/mol. The zero-order valence-electron chi connectivity index (χ0n) is 11.2. The second kappa shape index (κ2) is 6.14. The van der Waals surface area contributed by atoms with E-state index in [1.54, 1.807) is 0 Å². The highest BCUT2D eigenvalue weighted by atomic mass is 16.5. The summed E-state index contributed by atoms with van der Waals surface area (Å²) in [5, 5.41) is 0. The molecule has 1 saturated carbocycles. The van der Waals surface area contributed by atoms with Gasteiger partial charge in [0.2, 0.25) is 0 Å². The molecule has 100 valence electrons. The molecule has 4 heteroatoms. The minimum atomic E-state index is 0.258. The molecule has 4 nitrogen and oxygen atoms in total. The maximum absolute atomic E-state index is 5.91. The SMILES string of the molecule is CC1CCCC(C(NN)C2CN(C)CCO2)C1. The molecule has 0 aromatic carbocycles. The van der Waals surface area contributed by atoms with Crippen LogP contribution in [0.3, 0.4) is 0 Å². The van der Waals surface area contributed by atoms with Crippen molar-refractivity contribution in [1.29, 1.82) is 0 Å². The molecule has 1 saturated heterocycles. The first kappa shape index (κ1) is 13.3. The summed E-state index contributed by atoms with van der Waals surface area (Å²) in [6, 6.07) is 0.320. The van der Waals surface area contributed by atoms with Gasteiger partial charge in [0.05, 0.1) is 18.8 Å². The smallest absolute Gasteiger partial charge is 0.0871 e. The molecule has 1 heterocycles. The van der Waals surface area contributed by atoms with E-state index in [2.05, 4.69) is 24.3 Å². The minimum Gasteiger partial charge on any atom is -0.374 e. The van der Waals surface area contributed by atoms with Gasteiger partial charge in [0.15, 0.2) is 0 Å². The topological polar surface area (TPSA) is 50.5 Å². The highest BCUT2D eigenvalue weighted by Gasteiger charge is 2.34. The Balaban J connectivity index is 1.94. The van der Waals surface area contributed by atoms with Gasteiger partial charge in [-0.2, -0.15) is 0 Å². The number of nitrogens with zero attached hydrogens (tertiary/aromatic N) is 1. The van der Waals surface area contributed by atoms with Gasteiger partial charge in [0.25, 0.3) is 0 Å². The van der Waals surface area contributed by atoms with Crippen molar-refractivity contribution in [1.82, 2.24) is 10.3 Å². The molecular weight excluding hydrogens is 214 g/mol. The fourth-order valence-corrected chi connectivity index (χ4v) is 3.38. The molecule has 1 aliphatic carbocycles. The number of nitrogens with two attached hydrogens (primary N) is 1. The van der Waals surface area contributed by atoms with E-state index in [0.29, 0.717) is 12.0 Å². The lowest BCUT2D eigenvalue weighted by atomic mass is 9.77. The maximum atomic E-state index is 5.91. The summed E-state index contributed by atoms with van der Waals surface area (Å²) in [4.78, 5) is 2.34. The Morgan fingerprint density at radius 2 is 2.24 bits per heavy atom. The van der Waals surface area contributed by atoms with E-state index in [-0.39, 0.29) is 6.10 Å². The number of hydrogen-bond acceptors (Lipinski definition) is 4. The Morgan fingerprint density at radius 1 is 1.41 bits per heavy atom. The lowest BCUT2D eigenvalue weighted by Gasteiger charge is -2.40. The molecule has 0 aromatic rings. The molecule has 17 heavy (non-hydrogen) atoms. The van der Waals surface area contributed by atoms with E-state index in [1.807, 2.05) is 0 Å². The van der Waals surface area contributed by atoms with E-state index >= 15 is 0 Å².